The highest BCUT2D eigenvalue weighted by atomic mass is 16.5. The van der Waals surface area contributed by atoms with Crippen molar-refractivity contribution < 1.29 is 9.63 Å². The second-order valence-corrected chi connectivity index (χ2v) is 4.52. The molecule has 0 saturated carbocycles. The summed E-state index contributed by atoms with van der Waals surface area (Å²) in [6, 6.07) is 3.53. The first kappa shape index (κ1) is 12.7. The monoisotopic (exact) mass is 247 g/mol. The first-order chi connectivity index (χ1) is 8.52. The maximum Gasteiger partial charge on any atom is 0.258 e. The average Bonchev–Trinajstić information content (AvgIpc) is 2.76. The van der Waals surface area contributed by atoms with Crippen molar-refractivity contribution >= 4 is 0 Å². The van der Waals surface area contributed by atoms with Gasteiger partial charge in [0.1, 0.15) is 0 Å². The van der Waals surface area contributed by atoms with Gasteiger partial charge >= 0.3 is 0 Å². The van der Waals surface area contributed by atoms with Crippen LogP contribution in [0.4, 0.5) is 0 Å². The van der Waals surface area contributed by atoms with Crippen LogP contribution in [0.15, 0.2) is 16.7 Å². The Morgan fingerprint density at radius 2 is 1.89 bits per heavy atom. The molecule has 0 aliphatic rings. The van der Waals surface area contributed by atoms with E-state index in [1.54, 1.807) is 0 Å². The lowest BCUT2D eigenvalue weighted by Gasteiger charge is -2.06. The number of rotatable bonds is 3. The third-order valence-corrected chi connectivity index (χ3v) is 2.86. The number of aliphatic hydroxyl groups is 1. The Balaban J connectivity index is 2.46. The highest BCUT2D eigenvalue weighted by Gasteiger charge is 2.17. The molecule has 0 spiro atoms. The molecule has 0 amide bonds. The molecule has 0 saturated heterocycles. The quantitative estimate of drug-likeness (QED) is 0.861. The van der Waals surface area contributed by atoms with Gasteiger partial charge < -0.3 is 15.4 Å². The summed E-state index contributed by atoms with van der Waals surface area (Å²) in [6.07, 6.45) is 0. The predicted octanol–water partition coefficient (Wildman–Crippen LogP) is 1.65. The van der Waals surface area contributed by atoms with E-state index in [4.69, 9.17) is 15.4 Å². The van der Waals surface area contributed by atoms with Gasteiger partial charge in [0.15, 0.2) is 5.82 Å². The zero-order valence-corrected chi connectivity index (χ0v) is 10.8. The first-order valence-electron chi connectivity index (χ1n) is 5.81. The summed E-state index contributed by atoms with van der Waals surface area (Å²) in [7, 11) is 0. The van der Waals surface area contributed by atoms with Crippen LogP contribution in [0.3, 0.4) is 0 Å². The SMILES string of the molecule is Cc1cc(C)c(-c2nc(C(N)CO)no2)c(C)c1. The van der Waals surface area contributed by atoms with Gasteiger partial charge in [-0.2, -0.15) is 4.98 Å². The van der Waals surface area contributed by atoms with E-state index in [0.717, 1.165) is 16.7 Å². The van der Waals surface area contributed by atoms with Gasteiger partial charge in [-0.15, -0.1) is 0 Å². The van der Waals surface area contributed by atoms with Crippen molar-refractivity contribution in [3.8, 4) is 11.5 Å². The fraction of sp³-hybridized carbons (Fsp3) is 0.385. The molecule has 1 aromatic carbocycles. The van der Waals surface area contributed by atoms with Crippen molar-refractivity contribution in [1.29, 1.82) is 0 Å². The highest BCUT2D eigenvalue weighted by Crippen LogP contribution is 2.27. The summed E-state index contributed by atoms with van der Waals surface area (Å²) >= 11 is 0. The Hall–Kier alpha value is -1.72. The molecule has 96 valence electrons. The summed E-state index contributed by atoms with van der Waals surface area (Å²) in [5.74, 6) is 0.774. The molecule has 0 bridgehead atoms. The van der Waals surface area contributed by atoms with E-state index in [0.29, 0.717) is 11.7 Å². The number of aryl methyl sites for hydroxylation is 3. The van der Waals surface area contributed by atoms with E-state index in [9.17, 15) is 0 Å². The van der Waals surface area contributed by atoms with Gasteiger partial charge in [-0.1, -0.05) is 22.9 Å². The van der Waals surface area contributed by atoms with Gasteiger partial charge in [0.25, 0.3) is 5.89 Å². The number of hydrogen-bond donors (Lipinski definition) is 2. The molecule has 1 aromatic heterocycles. The number of aliphatic hydroxyl groups excluding tert-OH is 1. The molecule has 5 nitrogen and oxygen atoms in total. The lowest BCUT2D eigenvalue weighted by molar-refractivity contribution is 0.260. The van der Waals surface area contributed by atoms with Gasteiger partial charge in [0.2, 0.25) is 0 Å². The molecule has 0 aliphatic heterocycles. The third-order valence-electron chi connectivity index (χ3n) is 2.86. The number of nitrogens with zero attached hydrogens (tertiary/aromatic N) is 2. The Morgan fingerprint density at radius 1 is 1.28 bits per heavy atom. The van der Waals surface area contributed by atoms with E-state index < -0.39 is 6.04 Å². The lowest BCUT2D eigenvalue weighted by atomic mass is 10.00. The van der Waals surface area contributed by atoms with Crippen molar-refractivity contribution in [3.63, 3.8) is 0 Å². The minimum absolute atomic E-state index is 0.204. The highest BCUT2D eigenvalue weighted by molar-refractivity contribution is 5.63. The van der Waals surface area contributed by atoms with E-state index in [2.05, 4.69) is 22.3 Å². The van der Waals surface area contributed by atoms with Gasteiger partial charge in [-0.25, -0.2) is 0 Å². The van der Waals surface area contributed by atoms with Crippen molar-refractivity contribution in [2.24, 2.45) is 5.73 Å². The summed E-state index contributed by atoms with van der Waals surface area (Å²) in [6.45, 7) is 5.85. The fourth-order valence-electron chi connectivity index (χ4n) is 2.09. The van der Waals surface area contributed by atoms with Crippen LogP contribution in [-0.4, -0.2) is 21.9 Å². The van der Waals surface area contributed by atoms with Crippen LogP contribution in [0, 0.1) is 20.8 Å². The predicted molar refractivity (Wildman–Crippen MR) is 68.0 cm³/mol. The minimum atomic E-state index is -0.603. The smallest absolute Gasteiger partial charge is 0.258 e. The minimum Gasteiger partial charge on any atom is -0.394 e. The second kappa shape index (κ2) is 4.88. The summed E-state index contributed by atoms with van der Waals surface area (Å²) in [5, 5.41) is 12.8. The molecule has 1 heterocycles. The number of benzene rings is 1. The molecule has 18 heavy (non-hydrogen) atoms. The third kappa shape index (κ3) is 2.27. The maximum absolute atomic E-state index is 8.97. The zero-order valence-electron chi connectivity index (χ0n) is 10.8. The largest absolute Gasteiger partial charge is 0.394 e. The van der Waals surface area contributed by atoms with E-state index >= 15 is 0 Å². The van der Waals surface area contributed by atoms with Crippen molar-refractivity contribution in [1.82, 2.24) is 10.1 Å². The van der Waals surface area contributed by atoms with Crippen LogP contribution in [0.2, 0.25) is 0 Å². The molecule has 1 atom stereocenters. The Kier molecular flexibility index (Phi) is 3.45. The van der Waals surface area contributed by atoms with Crippen LogP contribution in [-0.2, 0) is 0 Å². The molecule has 1 unspecified atom stereocenters. The molecular weight excluding hydrogens is 230 g/mol. The molecule has 0 radical (unpaired) electrons. The van der Waals surface area contributed by atoms with Gasteiger partial charge in [-0.3, -0.25) is 0 Å². The van der Waals surface area contributed by atoms with Crippen LogP contribution in [0.1, 0.15) is 28.6 Å². The van der Waals surface area contributed by atoms with Crippen molar-refractivity contribution in [2.75, 3.05) is 6.61 Å². The van der Waals surface area contributed by atoms with E-state index in [-0.39, 0.29) is 6.61 Å². The summed E-state index contributed by atoms with van der Waals surface area (Å²) in [5.41, 5.74) is 9.95. The van der Waals surface area contributed by atoms with Gasteiger partial charge in [0.05, 0.1) is 12.6 Å². The summed E-state index contributed by atoms with van der Waals surface area (Å²) in [4.78, 5) is 4.24. The zero-order chi connectivity index (χ0) is 13.3. The second-order valence-electron chi connectivity index (χ2n) is 4.52. The Labute approximate surface area is 106 Å². The van der Waals surface area contributed by atoms with Crippen LogP contribution in [0.5, 0.6) is 0 Å². The molecule has 2 rings (SSSR count). The molecular formula is C13H17N3O2. The van der Waals surface area contributed by atoms with Crippen LogP contribution < -0.4 is 5.73 Å². The number of hydrogen-bond acceptors (Lipinski definition) is 5. The Morgan fingerprint density at radius 3 is 2.44 bits per heavy atom. The lowest BCUT2D eigenvalue weighted by Crippen LogP contribution is -2.15. The topological polar surface area (TPSA) is 85.2 Å². The van der Waals surface area contributed by atoms with E-state index in [1.165, 1.54) is 5.56 Å². The standard InChI is InChI=1S/C13H17N3O2/c1-7-4-8(2)11(9(3)5-7)13-15-12(16-18-13)10(14)6-17/h4-5,10,17H,6,14H2,1-3H3. The van der Waals surface area contributed by atoms with Crippen molar-refractivity contribution in [2.45, 2.75) is 26.8 Å². The van der Waals surface area contributed by atoms with Crippen molar-refractivity contribution in [3.05, 3.63) is 34.6 Å². The average molecular weight is 247 g/mol. The molecule has 3 N–H and O–H groups in total. The van der Waals surface area contributed by atoms with Gasteiger partial charge in [0, 0.05) is 5.56 Å². The number of nitrogens with two attached hydrogens (primary N) is 1. The van der Waals surface area contributed by atoms with Crippen LogP contribution >= 0.6 is 0 Å². The molecule has 0 fully saturated rings. The number of aromatic nitrogens is 2. The first-order valence-corrected chi connectivity index (χ1v) is 5.81. The molecule has 5 heteroatoms. The molecule has 0 aliphatic carbocycles. The fourth-order valence-corrected chi connectivity index (χ4v) is 2.09. The summed E-state index contributed by atoms with van der Waals surface area (Å²) < 4.78 is 5.22. The maximum atomic E-state index is 8.97. The Bertz CT molecular complexity index is 540. The molecule has 2 aromatic rings. The normalized spacial score (nSPS) is 12.7. The van der Waals surface area contributed by atoms with Gasteiger partial charge in [-0.05, 0) is 31.9 Å². The van der Waals surface area contributed by atoms with E-state index in [1.807, 2.05) is 20.8 Å². The van der Waals surface area contributed by atoms with Crippen LogP contribution in [0.25, 0.3) is 11.5 Å².